The minimum Gasteiger partial charge on any atom is -0.457 e. The summed E-state index contributed by atoms with van der Waals surface area (Å²) in [5.41, 5.74) is 0. The molecule has 7 atom stereocenters. The number of rotatable bonds is 22. The van der Waals surface area contributed by atoms with Gasteiger partial charge in [-0.05, 0) is 18.8 Å². The number of hydrogen-bond donors (Lipinski definition) is 8. The molecule has 0 bridgehead atoms. The van der Waals surface area contributed by atoms with Crippen LogP contribution >= 0.6 is 0 Å². The molecule has 35 heavy (non-hydrogen) atoms. The fourth-order valence-corrected chi connectivity index (χ4v) is 3.53. The summed E-state index contributed by atoms with van der Waals surface area (Å²) in [4.78, 5) is 12.1. The summed E-state index contributed by atoms with van der Waals surface area (Å²) in [6.45, 7) is 3.54. The maximum absolute atomic E-state index is 12.1. The molecule has 0 aliphatic heterocycles. The van der Waals surface area contributed by atoms with Crippen molar-refractivity contribution >= 4 is 5.97 Å². The Balaban J connectivity index is 4.41. The van der Waals surface area contributed by atoms with Gasteiger partial charge in [-0.3, -0.25) is 0 Å². The van der Waals surface area contributed by atoms with E-state index >= 15 is 0 Å². The summed E-state index contributed by atoms with van der Waals surface area (Å²) in [5, 5.41) is 77.7. The Morgan fingerprint density at radius 2 is 1.23 bits per heavy atom. The van der Waals surface area contributed by atoms with E-state index in [9.17, 15) is 40.5 Å². The van der Waals surface area contributed by atoms with E-state index < -0.39 is 62.1 Å². The second-order valence-corrected chi connectivity index (χ2v) is 9.40. The molecule has 0 aromatic heterocycles. The molecule has 8 N–H and O–H groups in total. The van der Waals surface area contributed by atoms with Gasteiger partial charge in [0.1, 0.15) is 24.4 Å². The molecule has 210 valence electrons. The molecule has 0 aliphatic carbocycles. The van der Waals surface area contributed by atoms with Gasteiger partial charge in [-0.1, -0.05) is 58.8 Å². The highest BCUT2D eigenvalue weighted by atomic mass is 16.6. The van der Waals surface area contributed by atoms with Crippen LogP contribution in [0.2, 0.25) is 0 Å². The molecule has 11 nitrogen and oxygen atoms in total. The molecule has 0 aliphatic rings. The van der Waals surface area contributed by atoms with E-state index in [0.29, 0.717) is 6.42 Å². The summed E-state index contributed by atoms with van der Waals surface area (Å²) >= 11 is 0. The van der Waals surface area contributed by atoms with Gasteiger partial charge in [-0.2, -0.15) is 0 Å². The topological polar surface area (TPSA) is 197 Å². The first kappa shape index (κ1) is 34.1. The third-order valence-electron chi connectivity index (χ3n) is 5.80. The summed E-state index contributed by atoms with van der Waals surface area (Å²) in [6, 6.07) is 0. The molecule has 0 fully saturated rings. The van der Waals surface area contributed by atoms with Crippen LogP contribution in [0, 0.1) is 5.92 Å². The molecule has 0 aromatic carbocycles. The Morgan fingerprint density at radius 3 is 1.77 bits per heavy atom. The number of aliphatic hydroxyl groups excluding tert-OH is 8. The highest BCUT2D eigenvalue weighted by molar-refractivity contribution is 5.75. The van der Waals surface area contributed by atoms with Crippen molar-refractivity contribution in [1.29, 1.82) is 0 Å². The van der Waals surface area contributed by atoms with Crippen molar-refractivity contribution in [3.8, 4) is 0 Å². The van der Waals surface area contributed by atoms with Gasteiger partial charge < -0.3 is 50.3 Å². The molecular weight excluding hydrogens is 464 g/mol. The second kappa shape index (κ2) is 20.2. The molecule has 0 radical (unpaired) electrons. The third kappa shape index (κ3) is 15.1. The number of carbonyl (C=O) groups is 1. The van der Waals surface area contributed by atoms with E-state index in [2.05, 4.69) is 13.8 Å². The minimum absolute atomic E-state index is 0.149. The van der Waals surface area contributed by atoms with Crippen LogP contribution in [-0.4, -0.2) is 110 Å². The summed E-state index contributed by atoms with van der Waals surface area (Å²) < 4.78 is 10.1. The van der Waals surface area contributed by atoms with Gasteiger partial charge in [0.05, 0.1) is 6.10 Å². The van der Waals surface area contributed by atoms with Crippen LogP contribution in [0.3, 0.4) is 0 Å². The van der Waals surface area contributed by atoms with Gasteiger partial charge in [0.2, 0.25) is 0 Å². The molecule has 0 saturated heterocycles. The minimum atomic E-state index is -2.20. The fraction of sp³-hybridized carbons (Fsp3) is 0.958. The standard InChI is InChI=1S/C24H48O11/c1-16(2)10-8-6-4-3-5-7-9-15-34-23(32)22(31)20(29)18(12-14-26)35-24(33)21(30)19(28)17(27)11-13-25/h16-23,25-32H,3-15H2,1-2H3. The van der Waals surface area contributed by atoms with Crippen LogP contribution in [0.1, 0.15) is 78.1 Å². The summed E-state index contributed by atoms with van der Waals surface area (Å²) in [7, 11) is 0. The van der Waals surface area contributed by atoms with Gasteiger partial charge in [0.25, 0.3) is 0 Å². The zero-order chi connectivity index (χ0) is 26.8. The van der Waals surface area contributed by atoms with Crippen LogP contribution in [-0.2, 0) is 14.3 Å². The molecule has 0 spiro atoms. The summed E-state index contributed by atoms with van der Waals surface area (Å²) in [5.74, 6) is -0.687. The molecule has 11 heteroatoms. The lowest BCUT2D eigenvalue weighted by molar-refractivity contribution is -0.213. The molecule has 7 unspecified atom stereocenters. The Bertz CT molecular complexity index is 520. The van der Waals surface area contributed by atoms with Crippen LogP contribution in [0.25, 0.3) is 0 Å². The lowest BCUT2D eigenvalue weighted by Gasteiger charge is -2.30. The average molecular weight is 513 g/mol. The van der Waals surface area contributed by atoms with Crippen molar-refractivity contribution in [2.45, 2.75) is 121 Å². The number of ether oxygens (including phenoxy) is 2. The molecule has 0 aromatic rings. The zero-order valence-electron chi connectivity index (χ0n) is 21.1. The van der Waals surface area contributed by atoms with Gasteiger partial charge in [-0.25, -0.2) is 4.79 Å². The van der Waals surface area contributed by atoms with E-state index in [1.54, 1.807) is 0 Å². The lowest BCUT2D eigenvalue weighted by Crippen LogP contribution is -2.50. The number of esters is 1. The van der Waals surface area contributed by atoms with Crippen molar-refractivity contribution in [3.63, 3.8) is 0 Å². The quantitative estimate of drug-likeness (QED) is 0.0532. The normalized spacial score (nSPS) is 18.0. The van der Waals surface area contributed by atoms with Crippen LogP contribution < -0.4 is 0 Å². The highest BCUT2D eigenvalue weighted by Gasteiger charge is 2.37. The Labute approximate surface area is 208 Å². The SMILES string of the molecule is CC(C)CCCCCCCCCOC(O)C(O)C(O)C(CCO)OC(=O)C(O)C(O)C(O)CCO. The third-order valence-corrected chi connectivity index (χ3v) is 5.80. The first-order valence-corrected chi connectivity index (χ1v) is 12.7. The van der Waals surface area contributed by atoms with Crippen molar-refractivity contribution in [1.82, 2.24) is 0 Å². The predicted octanol–water partition coefficient (Wildman–Crippen LogP) is -0.421. The lowest BCUT2D eigenvalue weighted by atomic mass is 10.0. The predicted molar refractivity (Wildman–Crippen MR) is 127 cm³/mol. The van der Waals surface area contributed by atoms with Gasteiger partial charge in [0.15, 0.2) is 12.4 Å². The first-order valence-electron chi connectivity index (χ1n) is 12.7. The molecule has 0 heterocycles. The number of carbonyl (C=O) groups excluding carboxylic acids is 1. The number of hydrogen-bond acceptors (Lipinski definition) is 11. The number of aliphatic hydroxyl groups is 8. The molecular formula is C24H48O11. The van der Waals surface area contributed by atoms with E-state index in [4.69, 9.17) is 14.6 Å². The second-order valence-electron chi connectivity index (χ2n) is 9.40. The van der Waals surface area contributed by atoms with Gasteiger partial charge >= 0.3 is 5.97 Å². The van der Waals surface area contributed by atoms with E-state index in [-0.39, 0.29) is 19.4 Å². The highest BCUT2D eigenvalue weighted by Crippen LogP contribution is 2.16. The smallest absolute Gasteiger partial charge is 0.338 e. The van der Waals surface area contributed by atoms with Crippen molar-refractivity contribution in [3.05, 3.63) is 0 Å². The molecule has 0 amide bonds. The number of unbranched alkanes of at least 4 members (excludes halogenated alkanes) is 6. The van der Waals surface area contributed by atoms with Gasteiger partial charge in [-0.15, -0.1) is 0 Å². The summed E-state index contributed by atoms with van der Waals surface area (Å²) in [6.07, 6.45) is -4.86. The van der Waals surface area contributed by atoms with Gasteiger partial charge in [0, 0.05) is 26.2 Å². The Morgan fingerprint density at radius 1 is 0.686 bits per heavy atom. The van der Waals surface area contributed by atoms with Crippen LogP contribution in [0.15, 0.2) is 0 Å². The Kier molecular flexibility index (Phi) is 19.7. The molecule has 0 saturated carbocycles. The molecule has 0 rings (SSSR count). The first-order chi connectivity index (χ1) is 16.6. The van der Waals surface area contributed by atoms with E-state index in [1.807, 2.05) is 0 Å². The van der Waals surface area contributed by atoms with Crippen molar-refractivity contribution < 1.29 is 55.1 Å². The maximum atomic E-state index is 12.1. The zero-order valence-corrected chi connectivity index (χ0v) is 21.1. The van der Waals surface area contributed by atoms with Crippen molar-refractivity contribution in [2.75, 3.05) is 19.8 Å². The van der Waals surface area contributed by atoms with Crippen LogP contribution in [0.5, 0.6) is 0 Å². The fourth-order valence-electron chi connectivity index (χ4n) is 3.53. The van der Waals surface area contributed by atoms with Crippen LogP contribution in [0.4, 0.5) is 0 Å². The van der Waals surface area contributed by atoms with Crippen molar-refractivity contribution in [2.24, 2.45) is 5.92 Å². The largest absolute Gasteiger partial charge is 0.457 e. The van der Waals surface area contributed by atoms with E-state index in [0.717, 1.165) is 25.2 Å². The average Bonchev–Trinajstić information content (AvgIpc) is 2.82. The maximum Gasteiger partial charge on any atom is 0.338 e. The van der Waals surface area contributed by atoms with E-state index in [1.165, 1.54) is 25.7 Å². The Hall–Kier alpha value is -0.890. The monoisotopic (exact) mass is 512 g/mol.